The highest BCUT2D eigenvalue weighted by Crippen LogP contribution is 2.47. The number of carboxylic acids is 2. The van der Waals surface area contributed by atoms with Gasteiger partial charge in [0, 0.05) is 28.7 Å². The number of aromatic hydroxyl groups is 2. The molecule has 0 saturated heterocycles. The number of nitrogens with one attached hydrogen (secondary N) is 1. The average Bonchev–Trinajstić information content (AvgIpc) is 3.06. The first-order chi connectivity index (χ1) is 23.0. The van der Waals surface area contributed by atoms with E-state index in [0.29, 0.717) is 18.1 Å². The molecule has 0 bridgehead atoms. The van der Waals surface area contributed by atoms with Crippen molar-refractivity contribution in [3.63, 3.8) is 0 Å². The van der Waals surface area contributed by atoms with Gasteiger partial charge >= 0.3 is 11.9 Å². The molecule has 4 rings (SSSR count). The Morgan fingerprint density at radius 2 is 1.61 bits per heavy atom. The number of carboxylic acid groups (broad SMARTS) is 2. The summed E-state index contributed by atoms with van der Waals surface area (Å²) in [7, 11) is 1.38. The fraction of sp³-hybridized carbons (Fsp3) is 0.394. The summed E-state index contributed by atoms with van der Waals surface area (Å²) in [6, 6.07) is 4.59. The normalized spacial score (nSPS) is 16.3. The second-order valence-corrected chi connectivity index (χ2v) is 11.5. The van der Waals surface area contributed by atoms with Gasteiger partial charge in [0.05, 0.1) is 48.5 Å². The molecule has 2 aliphatic rings. The molecule has 49 heavy (non-hydrogen) atoms. The molecule has 2 aromatic rings. The van der Waals surface area contributed by atoms with Crippen LogP contribution in [0.3, 0.4) is 0 Å². The molecule has 3 atom stereocenters. The minimum Gasteiger partial charge on any atom is -0.507 e. The molecule has 2 aliphatic carbocycles. The number of methoxy groups -OCH3 is 1. The number of fused-ring (bicyclic) bond motifs is 3. The number of benzene rings is 2. The SMILES string of the molecule is CC(C)OCC(O)C(O)NC(=O)/C=C(/CC(=O)O)C(=O)O.COc1cccc2c1C(=O)c1c(O)c3c(c(O)c1C2=O)CC(C(=O)CO)CC3. The molecule has 0 aromatic heterocycles. The standard InChI is InChI=1S/C21H18O7.C12H19NO8/c1-28-14-4-2-3-11-15(14)21(27)17-16(19(11)25)20(26)12-7-9(13(23)8-22)5-6-10(12)18(17)24;1-6(2)21-5-8(14)11(18)13-9(15)3-7(12(19)20)4-10(16)17/h2-4,9,22,24,26H,5-8H2,1H3;3,6,8,11,14,18H,4-5H2,1-2H3,(H,13,15)(H,16,17)(H,19,20)/b;7-3-. The van der Waals surface area contributed by atoms with Crippen molar-refractivity contribution in [2.75, 3.05) is 20.3 Å². The Morgan fingerprint density at radius 1 is 0.980 bits per heavy atom. The summed E-state index contributed by atoms with van der Waals surface area (Å²) in [5.74, 6) is -6.58. The number of ketones is 3. The van der Waals surface area contributed by atoms with Crippen LogP contribution in [0.5, 0.6) is 17.2 Å². The van der Waals surface area contributed by atoms with Gasteiger partial charge in [-0.1, -0.05) is 12.1 Å². The summed E-state index contributed by atoms with van der Waals surface area (Å²) in [6.07, 6.45) is -2.86. The number of hydrogen-bond donors (Lipinski definition) is 8. The lowest BCUT2D eigenvalue weighted by Gasteiger charge is -2.29. The third-order valence-electron chi connectivity index (χ3n) is 7.81. The highest BCUT2D eigenvalue weighted by Gasteiger charge is 2.41. The molecule has 16 nitrogen and oxygen atoms in total. The number of carbonyl (C=O) groups excluding carboxylic acids is 4. The number of phenols is 2. The topological polar surface area (TPSA) is 275 Å². The third-order valence-corrected chi connectivity index (χ3v) is 7.81. The molecule has 0 saturated carbocycles. The van der Waals surface area contributed by atoms with E-state index >= 15 is 0 Å². The highest BCUT2D eigenvalue weighted by molar-refractivity contribution is 6.31. The summed E-state index contributed by atoms with van der Waals surface area (Å²) < 4.78 is 10.2. The molecular formula is C33H37NO15. The second-order valence-electron chi connectivity index (χ2n) is 11.5. The van der Waals surface area contributed by atoms with Crippen molar-refractivity contribution in [1.82, 2.24) is 5.32 Å². The van der Waals surface area contributed by atoms with E-state index in [9.17, 15) is 49.2 Å². The minimum absolute atomic E-state index is 0.0568. The summed E-state index contributed by atoms with van der Waals surface area (Å²) in [6.45, 7) is 2.59. The van der Waals surface area contributed by atoms with Crippen LogP contribution < -0.4 is 10.1 Å². The van der Waals surface area contributed by atoms with Crippen molar-refractivity contribution in [3.05, 3.63) is 63.2 Å². The number of amides is 1. The molecular weight excluding hydrogens is 650 g/mol. The summed E-state index contributed by atoms with van der Waals surface area (Å²) in [5.41, 5.74) is -0.351. The van der Waals surface area contributed by atoms with Crippen LogP contribution in [-0.4, -0.2) is 110 Å². The Kier molecular flexibility index (Phi) is 12.7. The quantitative estimate of drug-likeness (QED) is 0.0719. The van der Waals surface area contributed by atoms with Gasteiger partial charge in [0.1, 0.15) is 30.0 Å². The molecule has 0 aliphatic heterocycles. The smallest absolute Gasteiger partial charge is 0.332 e. The monoisotopic (exact) mass is 687 g/mol. The fourth-order valence-corrected chi connectivity index (χ4v) is 5.39. The number of Topliss-reactive ketones (excluding diaryl/α,β-unsaturated/α-hetero) is 1. The van der Waals surface area contributed by atoms with Crippen LogP contribution in [0.25, 0.3) is 0 Å². The zero-order valence-electron chi connectivity index (χ0n) is 26.8. The predicted octanol–water partition coefficient (Wildman–Crippen LogP) is 0.241. The molecule has 3 unspecified atom stereocenters. The Bertz CT molecular complexity index is 1690. The van der Waals surface area contributed by atoms with Crippen LogP contribution in [-0.2, 0) is 36.8 Å². The highest BCUT2D eigenvalue weighted by atomic mass is 16.5. The van der Waals surface area contributed by atoms with E-state index < -0.39 is 66.3 Å². The predicted molar refractivity (Wildman–Crippen MR) is 166 cm³/mol. The van der Waals surface area contributed by atoms with E-state index in [-0.39, 0.29) is 76.4 Å². The number of aliphatic hydroxyl groups excluding tert-OH is 3. The van der Waals surface area contributed by atoms with Crippen LogP contribution in [0.2, 0.25) is 0 Å². The second kappa shape index (κ2) is 16.3. The van der Waals surface area contributed by atoms with Crippen molar-refractivity contribution < 1.29 is 74.0 Å². The molecule has 16 heteroatoms. The van der Waals surface area contributed by atoms with Crippen LogP contribution >= 0.6 is 0 Å². The van der Waals surface area contributed by atoms with Crippen LogP contribution in [0, 0.1) is 5.92 Å². The molecule has 2 aromatic carbocycles. The van der Waals surface area contributed by atoms with Gasteiger partial charge in [-0.15, -0.1) is 0 Å². The van der Waals surface area contributed by atoms with Gasteiger partial charge in [-0.2, -0.15) is 0 Å². The fourth-order valence-electron chi connectivity index (χ4n) is 5.39. The number of hydrogen-bond acceptors (Lipinski definition) is 13. The van der Waals surface area contributed by atoms with Crippen molar-refractivity contribution in [3.8, 4) is 17.2 Å². The molecule has 264 valence electrons. The van der Waals surface area contributed by atoms with E-state index in [2.05, 4.69) is 0 Å². The third kappa shape index (κ3) is 8.66. The lowest BCUT2D eigenvalue weighted by Crippen LogP contribution is -2.45. The average molecular weight is 688 g/mol. The summed E-state index contributed by atoms with van der Waals surface area (Å²) in [5, 5.41) is 68.8. The van der Waals surface area contributed by atoms with Gasteiger partial charge in [0.2, 0.25) is 11.7 Å². The summed E-state index contributed by atoms with van der Waals surface area (Å²) in [4.78, 5) is 70.7. The van der Waals surface area contributed by atoms with Crippen molar-refractivity contribution >= 4 is 35.2 Å². The molecule has 0 radical (unpaired) electrons. The van der Waals surface area contributed by atoms with E-state index in [0.717, 1.165) is 0 Å². The van der Waals surface area contributed by atoms with Crippen molar-refractivity contribution in [2.24, 2.45) is 5.92 Å². The van der Waals surface area contributed by atoms with Gasteiger partial charge in [-0.05, 0) is 39.2 Å². The van der Waals surface area contributed by atoms with E-state index in [4.69, 9.17) is 24.8 Å². The molecule has 8 N–H and O–H groups in total. The van der Waals surface area contributed by atoms with E-state index in [1.165, 1.54) is 13.2 Å². The van der Waals surface area contributed by atoms with Gasteiger partial charge in [0.25, 0.3) is 0 Å². The molecule has 0 fully saturated rings. The Balaban J connectivity index is 0.000000279. The number of carbonyl (C=O) groups is 6. The van der Waals surface area contributed by atoms with E-state index in [1.54, 1.807) is 26.0 Å². The molecule has 1 amide bonds. The first-order valence-electron chi connectivity index (χ1n) is 15.0. The minimum atomic E-state index is -1.67. The largest absolute Gasteiger partial charge is 0.507 e. The zero-order valence-corrected chi connectivity index (χ0v) is 26.8. The maximum atomic E-state index is 13.1. The lowest BCUT2D eigenvalue weighted by molar-refractivity contribution is -0.139. The first kappa shape index (κ1) is 38.3. The van der Waals surface area contributed by atoms with Gasteiger partial charge < -0.3 is 50.5 Å². The van der Waals surface area contributed by atoms with Crippen LogP contribution in [0.4, 0.5) is 0 Å². The molecule has 0 spiro atoms. The van der Waals surface area contributed by atoms with E-state index in [1.807, 2.05) is 5.32 Å². The van der Waals surface area contributed by atoms with Crippen LogP contribution in [0.1, 0.15) is 69.7 Å². The van der Waals surface area contributed by atoms with Gasteiger partial charge in [-0.3, -0.25) is 24.0 Å². The zero-order chi connectivity index (χ0) is 36.7. The number of phenolic OH excluding ortho intramolecular Hbond substituents is 2. The van der Waals surface area contributed by atoms with Crippen molar-refractivity contribution in [1.29, 1.82) is 0 Å². The summed E-state index contributed by atoms with van der Waals surface area (Å²) >= 11 is 0. The van der Waals surface area contributed by atoms with Crippen molar-refractivity contribution in [2.45, 2.75) is 58.0 Å². The maximum absolute atomic E-state index is 13.1. The van der Waals surface area contributed by atoms with Gasteiger partial charge in [0.15, 0.2) is 17.8 Å². The lowest BCUT2D eigenvalue weighted by atomic mass is 9.75. The first-order valence-corrected chi connectivity index (χ1v) is 15.0. The van der Waals surface area contributed by atoms with Gasteiger partial charge in [-0.25, -0.2) is 4.79 Å². The number of ether oxygens (including phenoxy) is 2. The Labute approximate surface area is 279 Å². The Hall–Kier alpha value is -5.16. The Morgan fingerprint density at radius 3 is 2.18 bits per heavy atom. The number of aliphatic hydroxyl groups is 3. The number of aliphatic carboxylic acids is 2. The maximum Gasteiger partial charge on any atom is 0.332 e. The van der Waals surface area contributed by atoms with Crippen LogP contribution in [0.15, 0.2) is 29.8 Å². The number of rotatable bonds is 12. The molecule has 0 heterocycles.